The number of anilines is 1. The van der Waals surface area contributed by atoms with Gasteiger partial charge in [-0.25, -0.2) is 14.4 Å². The Morgan fingerprint density at radius 3 is 2.12 bits per heavy atom. The highest BCUT2D eigenvalue weighted by atomic mass is 35.5. The maximum Gasteiger partial charge on any atom is 0.241 e. The quantitative estimate of drug-likeness (QED) is 0.150. The summed E-state index contributed by atoms with van der Waals surface area (Å²) in [5.74, 6) is 0.221. The molecule has 1 aromatic heterocycles. The summed E-state index contributed by atoms with van der Waals surface area (Å²) in [6.45, 7) is 2.30. The van der Waals surface area contributed by atoms with Crippen LogP contribution in [0.5, 0.6) is 11.5 Å². The third-order valence-electron chi connectivity index (χ3n) is 10.5. The van der Waals surface area contributed by atoms with Crippen LogP contribution in [-0.4, -0.2) is 75.7 Å². The molecule has 1 N–H and O–H groups in total. The van der Waals surface area contributed by atoms with Gasteiger partial charge >= 0.3 is 0 Å². The van der Waals surface area contributed by atoms with Crippen molar-refractivity contribution in [1.82, 2.24) is 19.8 Å². The van der Waals surface area contributed by atoms with E-state index in [1.165, 1.54) is 24.5 Å². The summed E-state index contributed by atoms with van der Waals surface area (Å²) in [7, 11) is 0. The van der Waals surface area contributed by atoms with E-state index < -0.39 is 11.4 Å². The Kier molecular flexibility index (Phi) is 7.63. The van der Waals surface area contributed by atoms with Crippen LogP contribution >= 0.6 is 11.6 Å². The van der Waals surface area contributed by atoms with E-state index in [1.54, 1.807) is 6.07 Å². The average Bonchev–Trinajstić information content (AvgIpc) is 3.99. The Labute approximate surface area is 299 Å². The first-order valence-corrected chi connectivity index (χ1v) is 17.4. The Balaban J connectivity index is 1.03. The molecule has 5 aromatic carbocycles. The van der Waals surface area contributed by atoms with Gasteiger partial charge in [-0.05, 0) is 34.9 Å². The first kappa shape index (κ1) is 31.5. The van der Waals surface area contributed by atoms with Gasteiger partial charge in [0.05, 0.1) is 33.1 Å². The minimum absolute atomic E-state index is 0.0188. The molecule has 0 aliphatic carbocycles. The van der Waals surface area contributed by atoms with Crippen LogP contribution in [-0.2, 0) is 10.3 Å². The molecule has 8 nitrogen and oxygen atoms in total. The molecule has 51 heavy (non-hydrogen) atoms. The number of hydrogen-bond acceptors (Lipinski definition) is 7. The number of hydrogen-bond donors (Lipinski definition) is 1. The maximum absolute atomic E-state index is 15.0. The number of aromatic nitrogens is 2. The van der Waals surface area contributed by atoms with Gasteiger partial charge in [0.1, 0.15) is 36.4 Å². The molecule has 0 spiro atoms. The zero-order valence-corrected chi connectivity index (χ0v) is 28.2. The van der Waals surface area contributed by atoms with Crippen molar-refractivity contribution in [1.29, 1.82) is 0 Å². The number of phenols is 1. The first-order chi connectivity index (χ1) is 25.0. The minimum Gasteiger partial charge on any atom is -0.507 e. The molecule has 3 aliphatic heterocycles. The number of rotatable bonds is 6. The van der Waals surface area contributed by atoms with Gasteiger partial charge < -0.3 is 19.6 Å². The van der Waals surface area contributed by atoms with E-state index in [0.29, 0.717) is 48.6 Å². The molecule has 0 saturated carbocycles. The Bertz CT molecular complexity index is 2160. The van der Waals surface area contributed by atoms with Gasteiger partial charge in [-0.3, -0.25) is 9.69 Å². The fourth-order valence-corrected chi connectivity index (χ4v) is 8.39. The van der Waals surface area contributed by atoms with Crippen molar-refractivity contribution in [2.45, 2.75) is 17.6 Å². The van der Waals surface area contributed by atoms with Crippen molar-refractivity contribution in [2.24, 2.45) is 0 Å². The second-order valence-electron chi connectivity index (χ2n) is 13.2. The molecule has 1 unspecified atom stereocenters. The van der Waals surface area contributed by atoms with Crippen molar-refractivity contribution in [3.05, 3.63) is 149 Å². The lowest BCUT2D eigenvalue weighted by Crippen LogP contribution is -2.58. The van der Waals surface area contributed by atoms with E-state index in [2.05, 4.69) is 92.6 Å². The highest BCUT2D eigenvalue weighted by Gasteiger charge is 2.57. The predicted octanol–water partition coefficient (Wildman–Crippen LogP) is 6.88. The largest absolute Gasteiger partial charge is 0.507 e. The van der Waals surface area contributed by atoms with Gasteiger partial charge in [-0.1, -0.05) is 109 Å². The van der Waals surface area contributed by atoms with Crippen molar-refractivity contribution in [2.75, 3.05) is 37.7 Å². The number of carbonyl (C=O) groups is 1. The third-order valence-corrected chi connectivity index (χ3v) is 10.8. The number of halogens is 2. The SMILES string of the molecule is O=C([C@H]1CN1C(c1ccccc1)(c1ccccc1)c1ccccc1)N1CCN2c3ncnc4cc(-c5c(O)cccc5F)c(Cl)c(c34)OC[C@@H]2C1. The number of benzene rings is 5. The zero-order valence-electron chi connectivity index (χ0n) is 27.5. The Morgan fingerprint density at radius 1 is 0.843 bits per heavy atom. The number of fused-ring (bicyclic) bond motifs is 2. The number of phenolic OH excluding ortho intramolecular Hbond substituents is 1. The first-order valence-electron chi connectivity index (χ1n) is 17.0. The maximum atomic E-state index is 15.0. The molecule has 3 atom stereocenters. The average molecular weight is 698 g/mol. The van der Waals surface area contributed by atoms with Crippen LogP contribution in [0.3, 0.4) is 0 Å². The Morgan fingerprint density at radius 2 is 1.49 bits per heavy atom. The van der Waals surface area contributed by atoms with Crippen LogP contribution in [0.25, 0.3) is 22.0 Å². The number of nitrogens with zero attached hydrogens (tertiary/aromatic N) is 5. The number of ether oxygens (including phenoxy) is 1. The number of piperazine rings is 1. The topological polar surface area (TPSA) is 81.8 Å². The van der Waals surface area contributed by atoms with Gasteiger partial charge in [-0.2, -0.15) is 0 Å². The number of carbonyl (C=O) groups excluding carboxylic acids is 1. The van der Waals surface area contributed by atoms with Crippen LogP contribution in [0.4, 0.5) is 10.2 Å². The van der Waals surface area contributed by atoms with Crippen LogP contribution in [0.15, 0.2) is 122 Å². The number of amides is 1. The summed E-state index contributed by atoms with van der Waals surface area (Å²) in [6, 6.07) is 36.5. The van der Waals surface area contributed by atoms with E-state index in [0.717, 1.165) is 16.7 Å². The van der Waals surface area contributed by atoms with E-state index in [-0.39, 0.29) is 46.5 Å². The molecule has 6 aromatic rings. The van der Waals surface area contributed by atoms with Crippen molar-refractivity contribution in [3.8, 4) is 22.6 Å². The van der Waals surface area contributed by atoms with Crippen LogP contribution in [0, 0.1) is 5.82 Å². The fourth-order valence-electron chi connectivity index (χ4n) is 8.09. The van der Waals surface area contributed by atoms with Gasteiger partial charge in [0, 0.05) is 31.7 Å². The van der Waals surface area contributed by atoms with Gasteiger partial charge in [-0.15, -0.1) is 0 Å². The highest BCUT2D eigenvalue weighted by molar-refractivity contribution is 6.36. The molecule has 9 rings (SSSR count). The lowest BCUT2D eigenvalue weighted by molar-refractivity contribution is -0.132. The van der Waals surface area contributed by atoms with Gasteiger partial charge in [0.15, 0.2) is 5.75 Å². The standard InChI is InChI=1S/C41H33ClFN5O3/c42-37-30(35-31(43)17-10-18-34(35)49)21-32-36-38(37)51-24-29-22-46(19-20-47(29)39(36)45-25-44-32)40(50)33-23-48(33)41(26-11-4-1-5-12-26,27-13-6-2-7-14-27)28-15-8-3-9-16-28/h1-18,21,25,29,33,49H,19-20,22-24H2/t29-,33+,48?/m0/s1. The van der Waals surface area contributed by atoms with Crippen molar-refractivity contribution < 1.29 is 19.0 Å². The molecule has 0 radical (unpaired) electrons. The van der Waals surface area contributed by atoms with E-state index in [4.69, 9.17) is 16.3 Å². The summed E-state index contributed by atoms with van der Waals surface area (Å²) in [6.07, 6.45) is 1.47. The van der Waals surface area contributed by atoms with Crippen molar-refractivity contribution >= 4 is 34.2 Å². The molecule has 1 amide bonds. The molecular weight excluding hydrogens is 665 g/mol. The van der Waals surface area contributed by atoms with E-state index in [1.807, 2.05) is 23.1 Å². The van der Waals surface area contributed by atoms with E-state index >= 15 is 4.39 Å². The lowest BCUT2D eigenvalue weighted by atomic mass is 9.76. The zero-order chi connectivity index (χ0) is 34.7. The monoisotopic (exact) mass is 697 g/mol. The minimum atomic E-state index is -0.660. The van der Waals surface area contributed by atoms with Gasteiger partial charge in [0.2, 0.25) is 5.91 Å². The fraction of sp³-hybridized carbons (Fsp3) is 0.195. The molecule has 2 fully saturated rings. The summed E-state index contributed by atoms with van der Waals surface area (Å²) in [4.78, 5) is 30.1. The second kappa shape index (κ2) is 12.4. The molecule has 254 valence electrons. The molecule has 4 heterocycles. The molecule has 0 bridgehead atoms. The second-order valence-corrected chi connectivity index (χ2v) is 13.6. The van der Waals surface area contributed by atoms with E-state index in [9.17, 15) is 9.90 Å². The molecular formula is C41H33ClFN5O3. The summed E-state index contributed by atoms with van der Waals surface area (Å²) < 4.78 is 21.4. The molecule has 2 saturated heterocycles. The normalized spacial score (nSPS) is 19.6. The van der Waals surface area contributed by atoms with Crippen LogP contribution in [0.2, 0.25) is 5.02 Å². The smallest absolute Gasteiger partial charge is 0.241 e. The number of aromatic hydroxyl groups is 1. The lowest BCUT2D eigenvalue weighted by Gasteiger charge is -2.42. The summed E-state index contributed by atoms with van der Waals surface area (Å²) in [5.41, 5.74) is 3.43. The van der Waals surface area contributed by atoms with Crippen LogP contribution in [0.1, 0.15) is 16.7 Å². The molecule has 3 aliphatic rings. The molecule has 10 heteroatoms. The highest BCUT2D eigenvalue weighted by Crippen LogP contribution is 2.50. The summed E-state index contributed by atoms with van der Waals surface area (Å²) in [5, 5.41) is 11.4. The van der Waals surface area contributed by atoms with Crippen molar-refractivity contribution in [3.63, 3.8) is 0 Å². The predicted molar refractivity (Wildman–Crippen MR) is 195 cm³/mol. The van der Waals surface area contributed by atoms with Crippen LogP contribution < -0.4 is 9.64 Å². The van der Waals surface area contributed by atoms with Gasteiger partial charge in [0.25, 0.3) is 0 Å². The summed E-state index contributed by atoms with van der Waals surface area (Å²) >= 11 is 6.93. The Hall–Kier alpha value is -5.51. The third kappa shape index (κ3) is 5.02.